The maximum absolute atomic E-state index is 5.77. The molecule has 6 nitrogen and oxygen atoms in total. The second-order valence-electron chi connectivity index (χ2n) is 5.12. The lowest BCUT2D eigenvalue weighted by Crippen LogP contribution is -2.44. The first-order chi connectivity index (χ1) is 9.38. The maximum Gasteiger partial charge on any atom is 0.155 e. The van der Waals surface area contributed by atoms with E-state index in [1.165, 1.54) is 6.42 Å². The molecule has 0 amide bonds. The second-order valence-corrected chi connectivity index (χ2v) is 5.12. The van der Waals surface area contributed by atoms with E-state index in [1.54, 1.807) is 6.20 Å². The fourth-order valence-electron chi connectivity index (χ4n) is 2.95. The Kier molecular flexibility index (Phi) is 3.91. The minimum atomic E-state index is 0.517. The molecule has 0 radical (unpaired) electrons. The van der Waals surface area contributed by atoms with E-state index < -0.39 is 0 Å². The molecule has 1 aromatic rings. The number of ether oxygens (including phenoxy) is 1. The SMILES string of the molecule is NCc1ccnnc1N1CCC(N2CCOCC2)C1. The first kappa shape index (κ1) is 12.8. The molecule has 2 N–H and O–H groups in total. The van der Waals surface area contributed by atoms with Crippen LogP contribution in [0.3, 0.4) is 0 Å². The van der Waals surface area contributed by atoms with Crippen LogP contribution in [0.1, 0.15) is 12.0 Å². The Morgan fingerprint density at radius 2 is 2.16 bits per heavy atom. The third-order valence-electron chi connectivity index (χ3n) is 4.03. The summed E-state index contributed by atoms with van der Waals surface area (Å²) in [6.07, 6.45) is 2.89. The van der Waals surface area contributed by atoms with Gasteiger partial charge in [0.25, 0.3) is 0 Å². The van der Waals surface area contributed by atoms with Gasteiger partial charge in [0.1, 0.15) is 0 Å². The van der Waals surface area contributed by atoms with Crippen molar-refractivity contribution < 1.29 is 4.74 Å². The molecule has 0 spiro atoms. The zero-order valence-electron chi connectivity index (χ0n) is 11.2. The third kappa shape index (κ3) is 2.70. The molecular weight excluding hydrogens is 242 g/mol. The molecule has 0 saturated carbocycles. The minimum Gasteiger partial charge on any atom is -0.379 e. The van der Waals surface area contributed by atoms with Gasteiger partial charge < -0.3 is 15.4 Å². The molecule has 0 bridgehead atoms. The molecule has 0 aliphatic carbocycles. The van der Waals surface area contributed by atoms with Crippen molar-refractivity contribution in [3.05, 3.63) is 17.8 Å². The lowest BCUT2D eigenvalue weighted by atomic mass is 10.2. The van der Waals surface area contributed by atoms with E-state index in [0.29, 0.717) is 12.6 Å². The van der Waals surface area contributed by atoms with Crippen molar-refractivity contribution >= 4 is 5.82 Å². The van der Waals surface area contributed by atoms with Gasteiger partial charge in [-0.25, -0.2) is 0 Å². The largest absolute Gasteiger partial charge is 0.379 e. The van der Waals surface area contributed by atoms with Gasteiger partial charge >= 0.3 is 0 Å². The van der Waals surface area contributed by atoms with Crippen molar-refractivity contribution in [1.82, 2.24) is 15.1 Å². The summed E-state index contributed by atoms with van der Waals surface area (Å²) < 4.78 is 5.41. The molecule has 1 aromatic heterocycles. The molecule has 0 aromatic carbocycles. The number of nitrogens with zero attached hydrogens (tertiary/aromatic N) is 4. The van der Waals surface area contributed by atoms with E-state index in [1.807, 2.05) is 6.07 Å². The molecule has 2 fully saturated rings. The molecule has 3 rings (SSSR count). The highest BCUT2D eigenvalue weighted by Gasteiger charge is 2.30. The van der Waals surface area contributed by atoms with Gasteiger partial charge in [-0.15, -0.1) is 5.10 Å². The Balaban J connectivity index is 1.67. The number of morpholine rings is 1. The highest BCUT2D eigenvalue weighted by atomic mass is 16.5. The summed E-state index contributed by atoms with van der Waals surface area (Å²) in [6.45, 7) is 6.37. The number of hydrogen-bond donors (Lipinski definition) is 1. The van der Waals surface area contributed by atoms with Crippen LogP contribution in [0.15, 0.2) is 12.3 Å². The van der Waals surface area contributed by atoms with E-state index in [0.717, 1.165) is 50.8 Å². The molecular formula is C13H21N5O. The van der Waals surface area contributed by atoms with Crippen molar-refractivity contribution in [2.75, 3.05) is 44.3 Å². The third-order valence-corrected chi connectivity index (χ3v) is 4.03. The predicted octanol–water partition coefficient (Wildman–Crippen LogP) is -0.154. The fraction of sp³-hybridized carbons (Fsp3) is 0.692. The van der Waals surface area contributed by atoms with Gasteiger partial charge in [0.2, 0.25) is 0 Å². The van der Waals surface area contributed by atoms with E-state index in [4.69, 9.17) is 10.5 Å². The van der Waals surface area contributed by atoms with Crippen LogP contribution in [0.2, 0.25) is 0 Å². The van der Waals surface area contributed by atoms with E-state index in [2.05, 4.69) is 20.0 Å². The highest BCUT2D eigenvalue weighted by molar-refractivity contribution is 5.46. The summed E-state index contributed by atoms with van der Waals surface area (Å²) in [6, 6.07) is 2.57. The fourth-order valence-corrected chi connectivity index (χ4v) is 2.95. The van der Waals surface area contributed by atoms with Crippen LogP contribution in [0.4, 0.5) is 5.82 Å². The zero-order valence-corrected chi connectivity index (χ0v) is 11.2. The molecule has 1 atom stereocenters. The van der Waals surface area contributed by atoms with Crippen molar-refractivity contribution in [1.29, 1.82) is 0 Å². The van der Waals surface area contributed by atoms with Gasteiger partial charge in [0.15, 0.2) is 5.82 Å². The summed E-state index contributed by atoms with van der Waals surface area (Å²) in [5.74, 6) is 0.959. The minimum absolute atomic E-state index is 0.517. The number of aromatic nitrogens is 2. The van der Waals surface area contributed by atoms with Gasteiger partial charge in [-0.1, -0.05) is 0 Å². The summed E-state index contributed by atoms with van der Waals surface area (Å²) in [5.41, 5.74) is 6.86. The standard InChI is InChI=1S/C13H21N5O/c14-9-11-1-3-15-16-13(11)18-4-2-12(10-18)17-5-7-19-8-6-17/h1,3,12H,2,4-10,14H2. The van der Waals surface area contributed by atoms with Gasteiger partial charge in [0, 0.05) is 44.3 Å². The number of anilines is 1. The van der Waals surface area contributed by atoms with Crippen molar-refractivity contribution in [3.8, 4) is 0 Å². The van der Waals surface area contributed by atoms with E-state index in [9.17, 15) is 0 Å². The predicted molar refractivity (Wildman–Crippen MR) is 72.9 cm³/mol. The Morgan fingerprint density at radius 3 is 2.95 bits per heavy atom. The lowest BCUT2D eigenvalue weighted by Gasteiger charge is -2.32. The molecule has 1 unspecified atom stereocenters. The van der Waals surface area contributed by atoms with Gasteiger partial charge in [-0.2, -0.15) is 5.10 Å². The van der Waals surface area contributed by atoms with E-state index in [-0.39, 0.29) is 0 Å². The Morgan fingerprint density at radius 1 is 1.32 bits per heavy atom. The molecule has 2 aliphatic rings. The quantitative estimate of drug-likeness (QED) is 0.818. The number of hydrogen-bond acceptors (Lipinski definition) is 6. The molecule has 2 aliphatic heterocycles. The molecule has 6 heteroatoms. The summed E-state index contributed by atoms with van der Waals surface area (Å²) in [7, 11) is 0. The summed E-state index contributed by atoms with van der Waals surface area (Å²) in [4.78, 5) is 4.84. The van der Waals surface area contributed by atoms with Crippen LogP contribution < -0.4 is 10.6 Å². The van der Waals surface area contributed by atoms with Crippen molar-refractivity contribution in [2.45, 2.75) is 19.0 Å². The number of nitrogens with two attached hydrogens (primary N) is 1. The summed E-state index contributed by atoms with van der Waals surface area (Å²) >= 11 is 0. The van der Waals surface area contributed by atoms with Gasteiger partial charge in [-0.05, 0) is 12.5 Å². The highest BCUT2D eigenvalue weighted by Crippen LogP contribution is 2.24. The van der Waals surface area contributed by atoms with Crippen LogP contribution in [0.5, 0.6) is 0 Å². The molecule has 2 saturated heterocycles. The maximum atomic E-state index is 5.77. The first-order valence-corrected chi connectivity index (χ1v) is 6.96. The Hall–Kier alpha value is -1.24. The van der Waals surface area contributed by atoms with Crippen LogP contribution in [0.25, 0.3) is 0 Å². The number of rotatable bonds is 3. The average molecular weight is 263 g/mol. The van der Waals surface area contributed by atoms with Crippen molar-refractivity contribution in [2.24, 2.45) is 5.73 Å². The van der Waals surface area contributed by atoms with Gasteiger partial charge in [-0.3, -0.25) is 4.90 Å². The van der Waals surface area contributed by atoms with Gasteiger partial charge in [0.05, 0.1) is 19.4 Å². The first-order valence-electron chi connectivity index (χ1n) is 6.96. The lowest BCUT2D eigenvalue weighted by molar-refractivity contribution is 0.0209. The summed E-state index contributed by atoms with van der Waals surface area (Å²) in [5, 5.41) is 8.26. The zero-order chi connectivity index (χ0) is 13.1. The monoisotopic (exact) mass is 263 g/mol. The van der Waals surface area contributed by atoms with Crippen LogP contribution in [0, 0.1) is 0 Å². The van der Waals surface area contributed by atoms with Crippen molar-refractivity contribution in [3.63, 3.8) is 0 Å². The Labute approximate surface area is 113 Å². The molecule has 19 heavy (non-hydrogen) atoms. The van der Waals surface area contributed by atoms with Crippen LogP contribution in [-0.4, -0.2) is 60.5 Å². The van der Waals surface area contributed by atoms with Crippen LogP contribution >= 0.6 is 0 Å². The smallest absolute Gasteiger partial charge is 0.155 e. The average Bonchev–Trinajstić information content (AvgIpc) is 2.98. The van der Waals surface area contributed by atoms with Crippen LogP contribution in [-0.2, 0) is 11.3 Å². The normalized spacial score (nSPS) is 24.9. The molecule has 104 valence electrons. The Bertz CT molecular complexity index is 421. The van der Waals surface area contributed by atoms with E-state index >= 15 is 0 Å². The molecule has 3 heterocycles. The second kappa shape index (κ2) is 5.81. The topological polar surface area (TPSA) is 67.5 Å².